The van der Waals surface area contributed by atoms with E-state index in [2.05, 4.69) is 4.72 Å². The van der Waals surface area contributed by atoms with Crippen LogP contribution in [0.2, 0.25) is 0 Å². The number of benzene rings is 6. The maximum atomic E-state index is 13.3. The maximum Gasteiger partial charge on any atom is 0.490 e. The number of nitrogen functional groups attached to an aromatic ring is 1. The second kappa shape index (κ2) is 14.7. The summed E-state index contributed by atoms with van der Waals surface area (Å²) in [7, 11) is -2.50. The van der Waals surface area contributed by atoms with E-state index in [0.29, 0.717) is 33.9 Å². The summed E-state index contributed by atoms with van der Waals surface area (Å²) < 4.78 is 72.3. The molecule has 6 aromatic carbocycles. The molecule has 0 unspecified atom stereocenters. The summed E-state index contributed by atoms with van der Waals surface area (Å²) in [6, 6.07) is 32.2. The molecular weight excluding hydrogens is 703 g/mol. The fourth-order valence-electron chi connectivity index (χ4n) is 5.08. The molecule has 0 aliphatic rings. The van der Waals surface area contributed by atoms with Gasteiger partial charge in [0.05, 0.1) is 17.6 Å². The number of aromatic carboxylic acids is 1. The van der Waals surface area contributed by atoms with Gasteiger partial charge in [-0.05, 0) is 94.3 Å². The predicted molar refractivity (Wildman–Crippen MR) is 189 cm³/mol. The zero-order valence-corrected chi connectivity index (χ0v) is 27.7. The highest BCUT2D eigenvalue weighted by Gasteiger charge is 2.38. The van der Waals surface area contributed by atoms with Crippen LogP contribution >= 0.6 is 0 Å². The third-order valence-electron chi connectivity index (χ3n) is 7.60. The molecule has 0 aliphatic heterocycles. The molecule has 52 heavy (non-hydrogen) atoms. The second-order valence-electron chi connectivity index (χ2n) is 11.1. The molecule has 15 heteroatoms. The Kier molecular flexibility index (Phi) is 10.4. The number of rotatable bonds is 9. The minimum Gasteiger partial charge on any atom is -0.497 e. The number of carbonyl (C=O) groups is 2. The molecule has 0 saturated carbocycles. The first-order chi connectivity index (χ1) is 24.5. The zero-order valence-electron chi connectivity index (χ0n) is 26.9. The Bertz CT molecular complexity index is 2450. The summed E-state index contributed by atoms with van der Waals surface area (Å²) >= 11 is 0. The van der Waals surface area contributed by atoms with E-state index in [1.165, 1.54) is 19.2 Å². The summed E-state index contributed by atoms with van der Waals surface area (Å²) in [5.41, 5.74) is 7.22. The number of hydrogen-bond acceptors (Lipinski definition) is 7. The number of ether oxygens (including phenoxy) is 2. The van der Waals surface area contributed by atoms with Gasteiger partial charge in [0.1, 0.15) is 23.1 Å². The van der Waals surface area contributed by atoms with Gasteiger partial charge in [0, 0.05) is 22.4 Å². The Labute approximate surface area is 294 Å². The lowest BCUT2D eigenvalue weighted by Gasteiger charge is -2.17. The number of fused-ring (bicyclic) bond motifs is 2. The zero-order chi connectivity index (χ0) is 37.8. The van der Waals surface area contributed by atoms with Crippen molar-refractivity contribution < 1.29 is 50.9 Å². The van der Waals surface area contributed by atoms with Crippen LogP contribution < -0.4 is 19.9 Å². The number of nitrogens with one attached hydrogen (secondary N) is 2. The molecule has 6 rings (SSSR count). The number of methoxy groups -OCH3 is 1. The lowest BCUT2D eigenvalue weighted by atomic mass is 9.94. The highest BCUT2D eigenvalue weighted by atomic mass is 32.2. The molecule has 266 valence electrons. The van der Waals surface area contributed by atoms with E-state index >= 15 is 0 Å². The van der Waals surface area contributed by atoms with E-state index in [0.717, 1.165) is 21.5 Å². The largest absolute Gasteiger partial charge is 0.497 e. The van der Waals surface area contributed by atoms with Crippen molar-refractivity contribution in [3.63, 3.8) is 0 Å². The van der Waals surface area contributed by atoms with Crippen LogP contribution in [0.25, 0.3) is 32.7 Å². The fourth-order valence-corrected chi connectivity index (χ4v) is 6.13. The number of carboxylic acids is 2. The molecule has 6 aromatic rings. The van der Waals surface area contributed by atoms with Gasteiger partial charge in [-0.3, -0.25) is 10.1 Å². The standard InChI is InChI=1S/C35H27N3O6S.C2HF3O2/c1-43-27-11-13-29(14-12-27)45(41,42)38-26-9-15-33(44-28-10-8-23-16-25(34(36)37)7-6-24(23)17-28)31(20-26)30-18-21-4-2-3-5-22(21)19-32(30)35(39)40;3-2(4,5)1(6)7/h2-20,38H,1H3,(H3,36,37)(H,39,40);(H,6,7). The summed E-state index contributed by atoms with van der Waals surface area (Å²) in [5, 5.41) is 28.3. The highest BCUT2D eigenvalue weighted by Crippen LogP contribution is 2.40. The molecule has 0 saturated heterocycles. The molecule has 0 radical (unpaired) electrons. The molecule has 0 aromatic heterocycles. The van der Waals surface area contributed by atoms with Crippen molar-refractivity contribution in [2.45, 2.75) is 11.1 Å². The van der Waals surface area contributed by atoms with Crippen molar-refractivity contribution in [2.24, 2.45) is 5.73 Å². The first kappa shape index (κ1) is 36.7. The van der Waals surface area contributed by atoms with Crippen LogP contribution in [0.15, 0.2) is 120 Å². The van der Waals surface area contributed by atoms with Gasteiger partial charge < -0.3 is 25.4 Å². The van der Waals surface area contributed by atoms with E-state index in [9.17, 15) is 31.5 Å². The number of halogens is 3. The Hall–Kier alpha value is -6.61. The van der Waals surface area contributed by atoms with E-state index in [1.54, 1.807) is 54.6 Å². The average Bonchev–Trinajstić information content (AvgIpc) is 3.11. The first-order valence-corrected chi connectivity index (χ1v) is 16.5. The molecular formula is C37H28F3N3O8S. The van der Waals surface area contributed by atoms with Crippen LogP contribution in [0.4, 0.5) is 18.9 Å². The molecule has 11 nitrogen and oxygen atoms in total. The number of nitrogens with two attached hydrogens (primary N) is 1. The van der Waals surface area contributed by atoms with Crippen molar-refractivity contribution in [1.29, 1.82) is 5.41 Å². The molecule has 0 bridgehead atoms. The second-order valence-corrected chi connectivity index (χ2v) is 12.8. The van der Waals surface area contributed by atoms with Crippen molar-refractivity contribution in [2.75, 3.05) is 11.8 Å². The molecule has 0 heterocycles. The van der Waals surface area contributed by atoms with Crippen molar-refractivity contribution in [3.8, 4) is 28.4 Å². The van der Waals surface area contributed by atoms with Gasteiger partial charge in [-0.25, -0.2) is 18.0 Å². The van der Waals surface area contributed by atoms with Crippen LogP contribution in [0.5, 0.6) is 17.2 Å². The number of alkyl halides is 3. The average molecular weight is 732 g/mol. The molecule has 0 aliphatic carbocycles. The van der Waals surface area contributed by atoms with Crippen LogP contribution in [-0.4, -0.2) is 49.7 Å². The molecule has 0 amide bonds. The maximum absolute atomic E-state index is 13.3. The molecule has 0 spiro atoms. The van der Waals surface area contributed by atoms with E-state index in [-0.39, 0.29) is 22.0 Å². The minimum absolute atomic E-state index is 0.0315. The number of anilines is 1. The van der Waals surface area contributed by atoms with Gasteiger partial charge >= 0.3 is 18.1 Å². The summed E-state index contributed by atoms with van der Waals surface area (Å²) in [5.74, 6) is -2.62. The third kappa shape index (κ3) is 8.39. The monoisotopic (exact) mass is 731 g/mol. The number of amidine groups is 1. The predicted octanol–water partition coefficient (Wildman–Crippen LogP) is 7.88. The molecule has 0 atom stereocenters. The van der Waals surface area contributed by atoms with Crippen molar-refractivity contribution >= 4 is 55.0 Å². The van der Waals surface area contributed by atoms with Gasteiger partial charge in [-0.2, -0.15) is 13.2 Å². The SMILES string of the molecule is COc1ccc(S(=O)(=O)Nc2ccc(Oc3ccc4cc(C(=N)N)ccc4c3)c(-c3cc4ccccc4cc3C(=O)O)c2)cc1.O=C(O)C(F)(F)F. The Morgan fingerprint density at radius 2 is 1.33 bits per heavy atom. The van der Waals surface area contributed by atoms with Gasteiger partial charge in [0.15, 0.2) is 0 Å². The highest BCUT2D eigenvalue weighted by molar-refractivity contribution is 7.92. The van der Waals surface area contributed by atoms with Gasteiger partial charge in [-0.15, -0.1) is 0 Å². The Morgan fingerprint density at radius 1 is 0.750 bits per heavy atom. The third-order valence-corrected chi connectivity index (χ3v) is 9.00. The van der Waals surface area contributed by atoms with Gasteiger partial charge in [0.2, 0.25) is 0 Å². The van der Waals surface area contributed by atoms with Crippen molar-refractivity contribution in [3.05, 3.63) is 126 Å². The smallest absolute Gasteiger partial charge is 0.490 e. The van der Waals surface area contributed by atoms with Crippen LogP contribution in [0, 0.1) is 5.41 Å². The minimum atomic E-state index is -5.08. The topological polar surface area (TPSA) is 189 Å². The fraction of sp³-hybridized carbons (Fsp3) is 0.0541. The number of carboxylic acid groups (broad SMARTS) is 2. The normalized spacial score (nSPS) is 11.3. The molecule has 0 fully saturated rings. The molecule has 6 N–H and O–H groups in total. The quantitative estimate of drug-likeness (QED) is 0.0728. The Balaban J connectivity index is 0.000000679. The summed E-state index contributed by atoms with van der Waals surface area (Å²) in [6.07, 6.45) is -5.08. The van der Waals surface area contributed by atoms with Crippen LogP contribution in [0.1, 0.15) is 15.9 Å². The van der Waals surface area contributed by atoms with E-state index in [1.807, 2.05) is 48.5 Å². The summed E-state index contributed by atoms with van der Waals surface area (Å²) in [4.78, 5) is 21.4. The summed E-state index contributed by atoms with van der Waals surface area (Å²) in [6.45, 7) is 0. The number of sulfonamides is 1. The van der Waals surface area contributed by atoms with E-state index < -0.39 is 28.1 Å². The number of hydrogen-bond donors (Lipinski definition) is 5. The van der Waals surface area contributed by atoms with Gasteiger partial charge in [0.25, 0.3) is 10.0 Å². The van der Waals surface area contributed by atoms with Crippen LogP contribution in [-0.2, 0) is 14.8 Å². The number of aliphatic carboxylic acids is 1. The lowest BCUT2D eigenvalue weighted by Crippen LogP contribution is -2.21. The Morgan fingerprint density at radius 3 is 1.92 bits per heavy atom. The first-order valence-electron chi connectivity index (χ1n) is 15.0. The van der Waals surface area contributed by atoms with Gasteiger partial charge in [-0.1, -0.05) is 42.5 Å². The van der Waals surface area contributed by atoms with E-state index in [4.69, 9.17) is 30.5 Å². The van der Waals surface area contributed by atoms with Crippen LogP contribution in [0.3, 0.4) is 0 Å². The van der Waals surface area contributed by atoms with Crippen molar-refractivity contribution in [1.82, 2.24) is 0 Å². The lowest BCUT2D eigenvalue weighted by molar-refractivity contribution is -0.192.